The highest BCUT2D eigenvalue weighted by Gasteiger charge is 2.60. The molecule has 1 aliphatic heterocycles. The van der Waals surface area contributed by atoms with E-state index in [1.54, 1.807) is 19.1 Å². The lowest BCUT2D eigenvalue weighted by Gasteiger charge is -2.42. The maximum absolute atomic E-state index is 13.4. The smallest absolute Gasteiger partial charge is 0.318 e. The van der Waals surface area contributed by atoms with Crippen LogP contribution in [0.25, 0.3) is 0 Å². The van der Waals surface area contributed by atoms with E-state index in [-0.39, 0.29) is 28.8 Å². The highest BCUT2D eigenvalue weighted by atomic mass is 35.5. The largest absolute Gasteiger partial charge is 0.365 e. The van der Waals surface area contributed by atoms with E-state index in [0.717, 1.165) is 5.69 Å². The van der Waals surface area contributed by atoms with Gasteiger partial charge in [0.1, 0.15) is 5.82 Å². The lowest BCUT2D eigenvalue weighted by atomic mass is 9.95. The van der Waals surface area contributed by atoms with Gasteiger partial charge in [-0.3, -0.25) is 14.9 Å². The van der Waals surface area contributed by atoms with Crippen molar-refractivity contribution in [1.82, 2.24) is 10.2 Å². The van der Waals surface area contributed by atoms with Crippen molar-refractivity contribution in [2.24, 2.45) is 23.0 Å². The van der Waals surface area contributed by atoms with Crippen molar-refractivity contribution in [3.8, 4) is 0 Å². The summed E-state index contributed by atoms with van der Waals surface area (Å²) in [5.41, 5.74) is 5.10. The van der Waals surface area contributed by atoms with Crippen LogP contribution in [0.2, 0.25) is 5.02 Å². The minimum absolute atomic E-state index is 0.00533. The number of nitrogens with one attached hydrogen (secondary N) is 1. The number of carbonyl (C=O) groups is 3. The average Bonchev–Trinajstić information content (AvgIpc) is 3.35. The number of carbonyl (C=O) groups excluding carboxylic acids is 3. The number of halogens is 2. The molecule has 1 aliphatic carbocycles. The van der Waals surface area contributed by atoms with Gasteiger partial charge in [0.25, 0.3) is 0 Å². The van der Waals surface area contributed by atoms with Crippen LogP contribution in [-0.4, -0.2) is 48.4 Å². The first-order valence-corrected chi connectivity index (χ1v) is 10.0. The number of rotatable bonds is 4. The lowest BCUT2D eigenvalue weighted by molar-refractivity contribution is -0.137. The van der Waals surface area contributed by atoms with E-state index in [9.17, 15) is 18.8 Å². The van der Waals surface area contributed by atoms with E-state index < -0.39 is 23.2 Å². The van der Waals surface area contributed by atoms with Crippen molar-refractivity contribution in [2.45, 2.75) is 33.2 Å². The molecular weight excluding hydrogens is 399 g/mol. The Morgan fingerprint density at radius 3 is 2.62 bits per heavy atom. The van der Waals surface area contributed by atoms with Crippen LogP contribution in [0.5, 0.6) is 0 Å². The number of amides is 4. The van der Waals surface area contributed by atoms with Crippen molar-refractivity contribution in [1.29, 1.82) is 0 Å². The Labute approximate surface area is 174 Å². The summed E-state index contributed by atoms with van der Waals surface area (Å²) in [6, 6.07) is 3.78. The minimum Gasteiger partial charge on any atom is -0.365 e. The molecule has 29 heavy (non-hydrogen) atoms. The number of hydrogen-bond donors (Lipinski definition) is 2. The molecule has 1 unspecified atom stereocenters. The standard InChI is InChI=1S/C20H26ClFN4O3/c1-11-10-25(6-7-26(11)13-4-5-16(22)15(21)8-13)17(27)12(2)14-9-20(14,3)18(28)24-19(23)29/h4-5,8,11-12,14H,6-7,9-10H2,1-3H3,(H3,23,24,28,29)/t11-,12-,14?,20+/m0/s1. The molecule has 158 valence electrons. The Kier molecular flexibility index (Phi) is 5.76. The molecule has 2 fully saturated rings. The van der Waals surface area contributed by atoms with Crippen molar-refractivity contribution in [3.05, 3.63) is 29.0 Å². The van der Waals surface area contributed by atoms with Crippen molar-refractivity contribution in [3.63, 3.8) is 0 Å². The SMILES string of the molecule is C[C@H](C(=O)N1CCN(c2ccc(F)c(Cl)c2)[C@@H](C)C1)C1C[C@@]1(C)C(=O)NC(N)=O. The molecule has 1 saturated heterocycles. The summed E-state index contributed by atoms with van der Waals surface area (Å²) in [5.74, 6) is -1.36. The summed E-state index contributed by atoms with van der Waals surface area (Å²) in [5, 5.41) is 2.19. The van der Waals surface area contributed by atoms with Gasteiger partial charge in [-0.2, -0.15) is 0 Å². The first kappa shape index (κ1) is 21.4. The fourth-order valence-electron chi connectivity index (χ4n) is 4.31. The number of anilines is 1. The molecule has 1 heterocycles. The Bertz CT molecular complexity index is 851. The molecule has 9 heteroatoms. The van der Waals surface area contributed by atoms with Gasteiger partial charge in [-0.15, -0.1) is 0 Å². The van der Waals surface area contributed by atoms with E-state index in [1.807, 2.05) is 18.7 Å². The Hall–Kier alpha value is -2.35. The third-order valence-electron chi connectivity index (χ3n) is 6.22. The highest BCUT2D eigenvalue weighted by Crippen LogP contribution is 2.56. The van der Waals surface area contributed by atoms with Crippen molar-refractivity contribution in [2.75, 3.05) is 24.5 Å². The number of hydrogen-bond acceptors (Lipinski definition) is 4. The number of nitrogens with zero attached hydrogens (tertiary/aromatic N) is 2. The van der Waals surface area contributed by atoms with Gasteiger partial charge < -0.3 is 15.5 Å². The first-order valence-electron chi connectivity index (χ1n) is 9.66. The van der Waals surface area contributed by atoms with E-state index >= 15 is 0 Å². The summed E-state index contributed by atoms with van der Waals surface area (Å²) < 4.78 is 13.4. The topological polar surface area (TPSA) is 95.7 Å². The minimum atomic E-state index is -0.883. The molecule has 7 nitrogen and oxygen atoms in total. The number of piperazine rings is 1. The van der Waals surface area contributed by atoms with Gasteiger partial charge in [-0.25, -0.2) is 9.18 Å². The van der Waals surface area contributed by atoms with Gasteiger partial charge in [-0.1, -0.05) is 25.4 Å². The molecule has 0 bridgehead atoms. The third-order valence-corrected chi connectivity index (χ3v) is 6.51. The average molecular weight is 425 g/mol. The van der Waals surface area contributed by atoms with Crippen molar-refractivity contribution >= 4 is 35.1 Å². The van der Waals surface area contributed by atoms with Crippen molar-refractivity contribution < 1.29 is 18.8 Å². The number of nitrogens with two attached hydrogens (primary N) is 1. The summed E-state index contributed by atoms with van der Waals surface area (Å²) in [6.07, 6.45) is 0.544. The molecule has 1 saturated carbocycles. The van der Waals surface area contributed by atoms with Crippen LogP contribution in [-0.2, 0) is 9.59 Å². The zero-order chi connectivity index (χ0) is 21.5. The van der Waals surface area contributed by atoms with E-state index in [1.165, 1.54) is 6.07 Å². The molecule has 2 aliphatic rings. The molecule has 4 atom stereocenters. The molecular formula is C20H26ClFN4O3. The van der Waals surface area contributed by atoms with Gasteiger partial charge in [-0.05, 0) is 37.5 Å². The maximum atomic E-state index is 13.4. The second-order valence-corrected chi connectivity index (χ2v) is 8.67. The summed E-state index contributed by atoms with van der Waals surface area (Å²) in [7, 11) is 0. The Balaban J connectivity index is 1.61. The molecule has 3 N–H and O–H groups in total. The molecule has 0 spiro atoms. The molecule has 0 aromatic heterocycles. The molecule has 1 aromatic rings. The van der Waals surface area contributed by atoms with Gasteiger partial charge in [0.05, 0.1) is 10.4 Å². The zero-order valence-corrected chi connectivity index (χ0v) is 17.5. The second kappa shape index (κ2) is 7.82. The van der Waals surface area contributed by atoms with Crippen LogP contribution in [0.1, 0.15) is 27.2 Å². The normalized spacial score (nSPS) is 27.3. The lowest BCUT2D eigenvalue weighted by Crippen LogP contribution is -2.55. The van der Waals surface area contributed by atoms with Gasteiger partial charge >= 0.3 is 6.03 Å². The van der Waals surface area contributed by atoms with E-state index in [0.29, 0.717) is 26.1 Å². The predicted molar refractivity (Wildman–Crippen MR) is 108 cm³/mol. The molecule has 3 rings (SSSR count). The highest BCUT2D eigenvalue weighted by molar-refractivity contribution is 6.31. The number of primary amides is 1. The van der Waals surface area contributed by atoms with Crippen LogP contribution in [0.4, 0.5) is 14.9 Å². The summed E-state index contributed by atoms with van der Waals surface area (Å²) in [4.78, 5) is 40.0. The fourth-order valence-corrected chi connectivity index (χ4v) is 4.48. The number of imide groups is 1. The second-order valence-electron chi connectivity index (χ2n) is 8.26. The quantitative estimate of drug-likeness (QED) is 0.775. The number of urea groups is 1. The Morgan fingerprint density at radius 2 is 2.03 bits per heavy atom. The van der Waals surface area contributed by atoms with Crippen LogP contribution >= 0.6 is 11.6 Å². The molecule has 4 amide bonds. The summed E-state index contributed by atoms with van der Waals surface area (Å²) >= 11 is 5.90. The third kappa shape index (κ3) is 4.17. The predicted octanol–water partition coefficient (Wildman–Crippen LogP) is 2.37. The first-order chi connectivity index (χ1) is 13.5. The van der Waals surface area contributed by atoms with Gasteiger partial charge in [0, 0.05) is 37.3 Å². The van der Waals surface area contributed by atoms with Crippen LogP contribution in [0, 0.1) is 23.1 Å². The monoisotopic (exact) mass is 424 g/mol. The number of benzene rings is 1. The zero-order valence-electron chi connectivity index (χ0n) is 16.7. The maximum Gasteiger partial charge on any atom is 0.318 e. The van der Waals surface area contributed by atoms with Crippen LogP contribution in [0.3, 0.4) is 0 Å². The van der Waals surface area contributed by atoms with Crippen LogP contribution in [0.15, 0.2) is 18.2 Å². The molecule has 0 radical (unpaired) electrons. The van der Waals surface area contributed by atoms with Crippen LogP contribution < -0.4 is 16.0 Å². The fraction of sp³-hybridized carbons (Fsp3) is 0.550. The van der Waals surface area contributed by atoms with Gasteiger partial charge in [0.2, 0.25) is 11.8 Å². The van der Waals surface area contributed by atoms with E-state index in [4.69, 9.17) is 17.3 Å². The van der Waals surface area contributed by atoms with E-state index in [2.05, 4.69) is 10.2 Å². The van der Waals surface area contributed by atoms with Gasteiger partial charge in [0.15, 0.2) is 0 Å². The Morgan fingerprint density at radius 1 is 1.34 bits per heavy atom. The molecule has 1 aromatic carbocycles. The summed E-state index contributed by atoms with van der Waals surface area (Å²) in [6.45, 7) is 7.23.